The first-order valence-corrected chi connectivity index (χ1v) is 6.09. The van der Waals surface area contributed by atoms with Crippen LogP contribution in [0.5, 0.6) is 0 Å². The maximum absolute atomic E-state index is 11.6. The van der Waals surface area contributed by atoms with Gasteiger partial charge >= 0.3 is 0 Å². The van der Waals surface area contributed by atoms with Gasteiger partial charge in [-0.1, -0.05) is 13.8 Å². The summed E-state index contributed by atoms with van der Waals surface area (Å²) in [7, 11) is 0. The van der Waals surface area contributed by atoms with E-state index in [9.17, 15) is 4.79 Å². The number of rotatable bonds is 7. The van der Waals surface area contributed by atoms with Gasteiger partial charge in [0.1, 0.15) is 6.54 Å². The topological polar surface area (TPSA) is 72.9 Å². The Morgan fingerprint density at radius 2 is 2.35 bits per heavy atom. The molecule has 0 atom stereocenters. The predicted molar refractivity (Wildman–Crippen MR) is 67.5 cm³/mol. The first-order chi connectivity index (χ1) is 8.11. The number of aromatic nitrogens is 2. The Morgan fingerprint density at radius 1 is 1.59 bits per heavy atom. The third kappa shape index (κ3) is 5.49. The van der Waals surface area contributed by atoms with Crippen LogP contribution in [0.15, 0.2) is 12.5 Å². The maximum atomic E-state index is 11.6. The SMILES string of the molecule is CC(C)CCNC(=O)Cn1cnc(CCN)c1. The number of nitrogens with two attached hydrogens (primary N) is 1. The van der Waals surface area contributed by atoms with Crippen LogP contribution in [0.3, 0.4) is 0 Å². The summed E-state index contributed by atoms with van der Waals surface area (Å²) in [5.41, 5.74) is 6.37. The van der Waals surface area contributed by atoms with E-state index in [1.807, 2.05) is 6.20 Å². The van der Waals surface area contributed by atoms with Gasteiger partial charge in [0.15, 0.2) is 0 Å². The highest BCUT2D eigenvalue weighted by molar-refractivity contribution is 5.75. The zero-order chi connectivity index (χ0) is 12.7. The van der Waals surface area contributed by atoms with Gasteiger partial charge in [-0.05, 0) is 18.9 Å². The second-order valence-corrected chi connectivity index (χ2v) is 4.61. The summed E-state index contributed by atoms with van der Waals surface area (Å²) >= 11 is 0. The number of imidazole rings is 1. The summed E-state index contributed by atoms with van der Waals surface area (Å²) in [6.45, 7) is 5.93. The third-order valence-electron chi connectivity index (χ3n) is 2.46. The quantitative estimate of drug-likeness (QED) is 0.728. The first-order valence-electron chi connectivity index (χ1n) is 6.09. The molecule has 1 amide bonds. The minimum Gasteiger partial charge on any atom is -0.355 e. The van der Waals surface area contributed by atoms with E-state index in [0.717, 1.165) is 25.1 Å². The van der Waals surface area contributed by atoms with Crippen LogP contribution < -0.4 is 11.1 Å². The van der Waals surface area contributed by atoms with E-state index >= 15 is 0 Å². The first kappa shape index (κ1) is 13.7. The Bertz CT molecular complexity index is 346. The highest BCUT2D eigenvalue weighted by atomic mass is 16.1. The molecule has 1 heterocycles. The molecule has 0 spiro atoms. The normalized spacial score (nSPS) is 10.8. The van der Waals surface area contributed by atoms with Crippen molar-refractivity contribution in [3.63, 3.8) is 0 Å². The lowest BCUT2D eigenvalue weighted by atomic mass is 10.1. The van der Waals surface area contributed by atoms with Crippen molar-refractivity contribution < 1.29 is 4.79 Å². The molecule has 0 aliphatic rings. The van der Waals surface area contributed by atoms with E-state index in [2.05, 4.69) is 24.1 Å². The number of hydrogen-bond donors (Lipinski definition) is 2. The summed E-state index contributed by atoms with van der Waals surface area (Å²) in [5, 5.41) is 2.89. The van der Waals surface area contributed by atoms with E-state index in [4.69, 9.17) is 5.73 Å². The predicted octanol–water partition coefficient (Wildman–Crippen LogP) is 0.547. The molecule has 0 unspecified atom stereocenters. The molecule has 0 aliphatic heterocycles. The van der Waals surface area contributed by atoms with E-state index in [-0.39, 0.29) is 5.91 Å². The second-order valence-electron chi connectivity index (χ2n) is 4.61. The standard InChI is InChI=1S/C12H22N4O/c1-10(2)4-6-14-12(17)8-16-7-11(3-5-13)15-9-16/h7,9-10H,3-6,8,13H2,1-2H3,(H,14,17). The van der Waals surface area contributed by atoms with Gasteiger partial charge in [0.25, 0.3) is 0 Å². The maximum Gasteiger partial charge on any atom is 0.239 e. The Morgan fingerprint density at radius 3 is 3.00 bits per heavy atom. The van der Waals surface area contributed by atoms with Crippen molar-refractivity contribution in [1.82, 2.24) is 14.9 Å². The summed E-state index contributed by atoms with van der Waals surface area (Å²) < 4.78 is 1.79. The molecule has 1 rings (SSSR count). The van der Waals surface area contributed by atoms with E-state index in [1.165, 1.54) is 0 Å². The van der Waals surface area contributed by atoms with Gasteiger partial charge in [0.05, 0.1) is 12.0 Å². The molecule has 0 fully saturated rings. The van der Waals surface area contributed by atoms with Gasteiger partial charge in [-0.25, -0.2) is 4.98 Å². The lowest BCUT2D eigenvalue weighted by Gasteiger charge is -2.07. The number of carbonyl (C=O) groups excluding carboxylic acids is 1. The fourth-order valence-electron chi connectivity index (χ4n) is 1.49. The lowest BCUT2D eigenvalue weighted by Crippen LogP contribution is -2.28. The van der Waals surface area contributed by atoms with Crippen molar-refractivity contribution >= 4 is 5.91 Å². The van der Waals surface area contributed by atoms with Gasteiger partial charge < -0.3 is 15.6 Å². The van der Waals surface area contributed by atoms with Gasteiger partial charge in [0, 0.05) is 19.2 Å². The van der Waals surface area contributed by atoms with Crippen LogP contribution in [0.4, 0.5) is 0 Å². The fourth-order valence-corrected chi connectivity index (χ4v) is 1.49. The van der Waals surface area contributed by atoms with Crippen molar-refractivity contribution in [3.05, 3.63) is 18.2 Å². The van der Waals surface area contributed by atoms with Crippen molar-refractivity contribution in [2.75, 3.05) is 13.1 Å². The largest absolute Gasteiger partial charge is 0.355 e. The number of nitrogens with one attached hydrogen (secondary N) is 1. The molecule has 0 bridgehead atoms. The molecule has 0 saturated carbocycles. The van der Waals surface area contributed by atoms with Crippen LogP contribution >= 0.6 is 0 Å². The highest BCUT2D eigenvalue weighted by Gasteiger charge is 2.04. The molecule has 0 aromatic carbocycles. The van der Waals surface area contributed by atoms with Crippen LogP contribution in [-0.4, -0.2) is 28.5 Å². The Kier molecular flexibility index (Phi) is 5.69. The van der Waals surface area contributed by atoms with E-state index in [1.54, 1.807) is 10.9 Å². The van der Waals surface area contributed by atoms with Crippen LogP contribution in [0.25, 0.3) is 0 Å². The fraction of sp³-hybridized carbons (Fsp3) is 0.667. The van der Waals surface area contributed by atoms with Gasteiger partial charge in [-0.2, -0.15) is 0 Å². The van der Waals surface area contributed by atoms with E-state index < -0.39 is 0 Å². The zero-order valence-electron chi connectivity index (χ0n) is 10.6. The monoisotopic (exact) mass is 238 g/mol. The lowest BCUT2D eigenvalue weighted by molar-refractivity contribution is -0.121. The molecular weight excluding hydrogens is 216 g/mol. The van der Waals surface area contributed by atoms with Gasteiger partial charge in [-0.15, -0.1) is 0 Å². The number of carbonyl (C=O) groups is 1. The Labute approximate surface area is 102 Å². The molecule has 5 nitrogen and oxygen atoms in total. The third-order valence-corrected chi connectivity index (χ3v) is 2.46. The van der Waals surface area contributed by atoms with Gasteiger partial charge in [-0.3, -0.25) is 4.79 Å². The summed E-state index contributed by atoms with van der Waals surface area (Å²) in [4.78, 5) is 15.7. The summed E-state index contributed by atoms with van der Waals surface area (Å²) in [6, 6.07) is 0. The second kappa shape index (κ2) is 7.06. The number of hydrogen-bond acceptors (Lipinski definition) is 3. The Balaban J connectivity index is 2.29. The number of nitrogens with zero attached hydrogens (tertiary/aromatic N) is 2. The minimum atomic E-state index is 0.0300. The highest BCUT2D eigenvalue weighted by Crippen LogP contribution is 1.98. The molecule has 0 aliphatic carbocycles. The van der Waals surface area contributed by atoms with Crippen molar-refractivity contribution in [2.45, 2.75) is 33.2 Å². The van der Waals surface area contributed by atoms with Gasteiger partial charge in [0.2, 0.25) is 5.91 Å². The zero-order valence-corrected chi connectivity index (χ0v) is 10.6. The summed E-state index contributed by atoms with van der Waals surface area (Å²) in [6.07, 6.45) is 5.30. The minimum absolute atomic E-state index is 0.0300. The molecule has 1 aromatic heterocycles. The molecule has 0 radical (unpaired) electrons. The van der Waals surface area contributed by atoms with Crippen LogP contribution in [0.1, 0.15) is 26.0 Å². The summed E-state index contributed by atoms with van der Waals surface area (Å²) in [5.74, 6) is 0.641. The van der Waals surface area contributed by atoms with E-state index in [0.29, 0.717) is 19.0 Å². The number of amides is 1. The molecule has 1 aromatic rings. The molecule has 5 heteroatoms. The smallest absolute Gasteiger partial charge is 0.239 e. The Hall–Kier alpha value is -1.36. The molecule has 3 N–H and O–H groups in total. The molecule has 0 saturated heterocycles. The molecule has 96 valence electrons. The van der Waals surface area contributed by atoms with Crippen molar-refractivity contribution in [1.29, 1.82) is 0 Å². The average molecular weight is 238 g/mol. The molecular formula is C12H22N4O. The van der Waals surface area contributed by atoms with Crippen molar-refractivity contribution in [3.8, 4) is 0 Å². The van der Waals surface area contributed by atoms with Crippen molar-refractivity contribution in [2.24, 2.45) is 11.7 Å². The van der Waals surface area contributed by atoms with Crippen LogP contribution in [0, 0.1) is 5.92 Å². The average Bonchev–Trinajstić information content (AvgIpc) is 2.65. The van der Waals surface area contributed by atoms with Crippen LogP contribution in [-0.2, 0) is 17.8 Å². The van der Waals surface area contributed by atoms with Crippen LogP contribution in [0.2, 0.25) is 0 Å². The molecule has 17 heavy (non-hydrogen) atoms.